The summed E-state index contributed by atoms with van der Waals surface area (Å²) in [6, 6.07) is 13.8. The van der Waals surface area contributed by atoms with Crippen molar-refractivity contribution < 1.29 is 4.42 Å². The van der Waals surface area contributed by atoms with Crippen molar-refractivity contribution in [2.45, 2.75) is 0 Å². The number of fused-ring (bicyclic) bond motifs is 4. The second kappa shape index (κ2) is 3.47. The van der Waals surface area contributed by atoms with Crippen LogP contribution in [0.1, 0.15) is 0 Å². The van der Waals surface area contributed by atoms with Gasteiger partial charge in [-0.1, -0.05) is 17.7 Å². The van der Waals surface area contributed by atoms with Crippen LogP contribution in [0.15, 0.2) is 53.1 Å². The van der Waals surface area contributed by atoms with Gasteiger partial charge in [0.15, 0.2) is 5.58 Å². The summed E-state index contributed by atoms with van der Waals surface area (Å²) in [5.41, 5.74) is 2.57. The van der Waals surface area contributed by atoms with E-state index in [0.717, 1.165) is 37.9 Å². The van der Waals surface area contributed by atoms with Gasteiger partial charge in [0.2, 0.25) is 0 Å². The van der Waals surface area contributed by atoms with Gasteiger partial charge < -0.3 is 4.42 Å². The van der Waals surface area contributed by atoms with E-state index in [1.807, 2.05) is 36.4 Å². The molecule has 0 spiro atoms. The van der Waals surface area contributed by atoms with E-state index < -0.39 is 0 Å². The van der Waals surface area contributed by atoms with Crippen molar-refractivity contribution in [1.82, 2.24) is 4.98 Å². The second-order valence-electron chi connectivity index (χ2n) is 4.29. The van der Waals surface area contributed by atoms with Crippen molar-refractivity contribution in [1.29, 1.82) is 0 Å². The Morgan fingerprint density at radius 3 is 2.83 bits per heavy atom. The molecule has 0 radical (unpaired) electrons. The lowest BCUT2D eigenvalue weighted by Gasteiger charge is -1.98. The van der Waals surface area contributed by atoms with Gasteiger partial charge >= 0.3 is 0 Å². The maximum atomic E-state index is 6.01. The summed E-state index contributed by atoms with van der Waals surface area (Å²) < 4.78 is 5.79. The monoisotopic (exact) mass is 253 g/mol. The Labute approximate surface area is 108 Å². The molecule has 2 aromatic heterocycles. The van der Waals surface area contributed by atoms with E-state index in [1.165, 1.54) is 0 Å². The summed E-state index contributed by atoms with van der Waals surface area (Å²) in [5.74, 6) is 0. The third kappa shape index (κ3) is 1.33. The summed E-state index contributed by atoms with van der Waals surface area (Å²) in [5, 5.41) is 3.99. The molecule has 0 aliphatic carbocycles. The summed E-state index contributed by atoms with van der Waals surface area (Å²) in [6.07, 6.45) is 1.78. The van der Waals surface area contributed by atoms with Crippen molar-refractivity contribution in [3.8, 4) is 0 Å². The van der Waals surface area contributed by atoms with E-state index in [9.17, 15) is 0 Å². The van der Waals surface area contributed by atoms with Crippen LogP contribution >= 0.6 is 11.6 Å². The molecule has 4 aromatic rings. The van der Waals surface area contributed by atoms with Gasteiger partial charge in [-0.3, -0.25) is 4.98 Å². The van der Waals surface area contributed by atoms with Crippen LogP contribution in [0.4, 0.5) is 0 Å². The molecule has 0 saturated heterocycles. The number of nitrogens with zero attached hydrogens (tertiary/aromatic N) is 1. The van der Waals surface area contributed by atoms with Crippen LogP contribution in [-0.4, -0.2) is 4.98 Å². The van der Waals surface area contributed by atoms with E-state index in [4.69, 9.17) is 16.0 Å². The molecule has 0 amide bonds. The molecule has 0 aliphatic rings. The fraction of sp³-hybridized carbons (Fsp3) is 0. The van der Waals surface area contributed by atoms with E-state index in [1.54, 1.807) is 6.20 Å². The quantitative estimate of drug-likeness (QED) is 0.450. The molecule has 2 nitrogen and oxygen atoms in total. The van der Waals surface area contributed by atoms with Crippen molar-refractivity contribution in [3.63, 3.8) is 0 Å². The summed E-state index contributed by atoms with van der Waals surface area (Å²) in [4.78, 5) is 4.37. The zero-order valence-electron chi connectivity index (χ0n) is 9.35. The van der Waals surface area contributed by atoms with E-state index in [2.05, 4.69) is 11.1 Å². The zero-order valence-corrected chi connectivity index (χ0v) is 10.1. The van der Waals surface area contributed by atoms with Gasteiger partial charge in [0.1, 0.15) is 11.1 Å². The molecule has 18 heavy (non-hydrogen) atoms. The number of benzene rings is 2. The Bertz CT molecular complexity index is 895. The lowest BCUT2D eigenvalue weighted by atomic mass is 10.1. The topological polar surface area (TPSA) is 26.0 Å². The van der Waals surface area contributed by atoms with Crippen LogP contribution in [-0.2, 0) is 0 Å². The van der Waals surface area contributed by atoms with Crippen LogP contribution in [0.2, 0.25) is 5.02 Å². The van der Waals surface area contributed by atoms with Gasteiger partial charge in [-0.05, 0) is 47.2 Å². The van der Waals surface area contributed by atoms with Crippen LogP contribution in [0.3, 0.4) is 0 Å². The number of furan rings is 1. The molecule has 0 saturated carbocycles. The first-order chi connectivity index (χ1) is 8.81. The van der Waals surface area contributed by atoms with E-state index in [0.29, 0.717) is 0 Å². The molecule has 0 aliphatic heterocycles. The molecular formula is C15H8ClNO. The van der Waals surface area contributed by atoms with Crippen molar-refractivity contribution >= 4 is 44.4 Å². The highest BCUT2D eigenvalue weighted by Crippen LogP contribution is 2.31. The normalized spacial score (nSPS) is 11.6. The zero-order chi connectivity index (χ0) is 12.1. The van der Waals surface area contributed by atoms with Crippen LogP contribution in [0.5, 0.6) is 0 Å². The van der Waals surface area contributed by atoms with Crippen molar-refractivity contribution in [2.24, 2.45) is 0 Å². The molecule has 86 valence electrons. The molecule has 2 aromatic carbocycles. The summed E-state index contributed by atoms with van der Waals surface area (Å²) in [6.45, 7) is 0. The highest BCUT2D eigenvalue weighted by atomic mass is 35.5. The molecule has 0 atom stereocenters. The molecule has 0 fully saturated rings. The van der Waals surface area contributed by atoms with Gasteiger partial charge in [-0.2, -0.15) is 0 Å². The predicted octanol–water partition coefficient (Wildman–Crippen LogP) is 4.79. The number of rotatable bonds is 0. The third-order valence-electron chi connectivity index (χ3n) is 3.15. The molecule has 0 bridgehead atoms. The number of halogens is 1. The van der Waals surface area contributed by atoms with Gasteiger partial charge in [-0.25, -0.2) is 0 Å². The summed E-state index contributed by atoms with van der Waals surface area (Å²) >= 11 is 6.01. The molecule has 0 N–H and O–H groups in total. The first-order valence-electron chi connectivity index (χ1n) is 5.68. The highest BCUT2D eigenvalue weighted by molar-refractivity contribution is 6.31. The van der Waals surface area contributed by atoms with Crippen LogP contribution < -0.4 is 0 Å². The predicted molar refractivity (Wildman–Crippen MR) is 74.0 cm³/mol. The van der Waals surface area contributed by atoms with Gasteiger partial charge in [0.05, 0.1) is 0 Å². The van der Waals surface area contributed by atoms with Crippen molar-refractivity contribution in [3.05, 3.63) is 53.7 Å². The number of aromatic nitrogens is 1. The fourth-order valence-electron chi connectivity index (χ4n) is 2.31. The molecule has 0 unspecified atom stereocenters. The average molecular weight is 254 g/mol. The van der Waals surface area contributed by atoms with Gasteiger partial charge in [-0.15, -0.1) is 0 Å². The third-order valence-corrected chi connectivity index (χ3v) is 3.38. The SMILES string of the molecule is Clc1ccc2cc3c(cc2c1)oc1cccnc13. The minimum atomic E-state index is 0.732. The van der Waals surface area contributed by atoms with Gasteiger partial charge in [0, 0.05) is 16.6 Å². The number of pyridine rings is 1. The lowest BCUT2D eigenvalue weighted by Crippen LogP contribution is -1.75. The minimum absolute atomic E-state index is 0.732. The number of hydrogen-bond donors (Lipinski definition) is 0. The first kappa shape index (κ1) is 9.92. The molecule has 3 heteroatoms. The average Bonchev–Trinajstić information content (AvgIpc) is 2.73. The second-order valence-corrected chi connectivity index (χ2v) is 4.73. The molecular weight excluding hydrogens is 246 g/mol. The standard InChI is InChI=1S/C15H8ClNO/c16-11-4-3-9-7-12-14(8-10(9)6-11)18-13-2-1-5-17-15(12)13/h1-8H. The largest absolute Gasteiger partial charge is 0.454 e. The minimum Gasteiger partial charge on any atom is -0.454 e. The van der Waals surface area contributed by atoms with Crippen LogP contribution in [0.25, 0.3) is 32.8 Å². The van der Waals surface area contributed by atoms with Gasteiger partial charge in [0.25, 0.3) is 0 Å². The van der Waals surface area contributed by atoms with Crippen molar-refractivity contribution in [2.75, 3.05) is 0 Å². The first-order valence-corrected chi connectivity index (χ1v) is 6.06. The Balaban J connectivity index is 2.23. The Kier molecular flexibility index (Phi) is 1.91. The Morgan fingerprint density at radius 2 is 1.89 bits per heavy atom. The molecule has 4 rings (SSSR count). The summed E-state index contributed by atoms with van der Waals surface area (Å²) in [7, 11) is 0. The Hall–Kier alpha value is -2.06. The fourth-order valence-corrected chi connectivity index (χ4v) is 2.49. The maximum Gasteiger partial charge on any atom is 0.153 e. The molecule has 2 heterocycles. The van der Waals surface area contributed by atoms with E-state index >= 15 is 0 Å². The van der Waals surface area contributed by atoms with Crippen LogP contribution in [0, 0.1) is 0 Å². The van der Waals surface area contributed by atoms with E-state index in [-0.39, 0.29) is 0 Å². The Morgan fingerprint density at radius 1 is 0.944 bits per heavy atom. The number of hydrogen-bond acceptors (Lipinski definition) is 2. The smallest absolute Gasteiger partial charge is 0.153 e. The maximum absolute atomic E-state index is 6.01. The lowest BCUT2D eigenvalue weighted by molar-refractivity contribution is 0.668. The highest BCUT2D eigenvalue weighted by Gasteiger charge is 2.08.